The molecule has 4 heteroatoms. The first-order valence-electron chi connectivity index (χ1n) is 7.44. The Bertz CT molecular complexity index is 515. The standard InChI is InChI=1S/C16H22N2O2/c1-3-18-9-12-5-4-6-15(14(12)10-18)17-16(19)13-7-8-20-11(13)2/h4-6,11,13H,3,7-10H2,1-2H3,(H,17,19)/t11-,13-/m0/s1. The maximum absolute atomic E-state index is 12.4. The number of amides is 1. The molecule has 0 saturated carbocycles. The highest BCUT2D eigenvalue weighted by molar-refractivity contribution is 5.94. The molecule has 20 heavy (non-hydrogen) atoms. The minimum atomic E-state index is -0.0189. The van der Waals surface area contributed by atoms with Crippen molar-refractivity contribution < 1.29 is 9.53 Å². The Morgan fingerprint density at radius 2 is 2.30 bits per heavy atom. The number of hydrogen-bond donors (Lipinski definition) is 1. The highest BCUT2D eigenvalue weighted by Gasteiger charge is 2.31. The van der Waals surface area contributed by atoms with E-state index in [4.69, 9.17) is 4.74 Å². The van der Waals surface area contributed by atoms with Crippen LogP contribution in [0.25, 0.3) is 0 Å². The van der Waals surface area contributed by atoms with E-state index in [2.05, 4.69) is 23.2 Å². The fourth-order valence-corrected chi connectivity index (χ4v) is 3.13. The Labute approximate surface area is 120 Å². The smallest absolute Gasteiger partial charge is 0.230 e. The molecule has 0 spiro atoms. The Balaban J connectivity index is 1.76. The molecule has 0 bridgehead atoms. The molecule has 108 valence electrons. The molecule has 1 amide bonds. The van der Waals surface area contributed by atoms with Gasteiger partial charge in [-0.3, -0.25) is 9.69 Å². The van der Waals surface area contributed by atoms with E-state index >= 15 is 0 Å². The fraction of sp³-hybridized carbons (Fsp3) is 0.562. The number of benzene rings is 1. The first-order valence-corrected chi connectivity index (χ1v) is 7.44. The molecule has 0 aliphatic carbocycles. The third-order valence-corrected chi connectivity index (χ3v) is 4.47. The molecule has 1 fully saturated rings. The molecule has 1 saturated heterocycles. The van der Waals surface area contributed by atoms with E-state index in [-0.39, 0.29) is 17.9 Å². The van der Waals surface area contributed by atoms with Gasteiger partial charge in [-0.1, -0.05) is 19.1 Å². The SMILES string of the molecule is CCN1Cc2cccc(NC(=O)[C@H]3CCO[C@H]3C)c2C1. The lowest BCUT2D eigenvalue weighted by Crippen LogP contribution is -2.28. The summed E-state index contributed by atoms with van der Waals surface area (Å²) in [6, 6.07) is 6.19. The fourth-order valence-electron chi connectivity index (χ4n) is 3.13. The van der Waals surface area contributed by atoms with E-state index in [1.54, 1.807) is 0 Å². The lowest BCUT2D eigenvalue weighted by Gasteiger charge is -2.16. The Morgan fingerprint density at radius 3 is 3.00 bits per heavy atom. The van der Waals surface area contributed by atoms with Gasteiger partial charge in [-0.25, -0.2) is 0 Å². The first kappa shape index (κ1) is 13.6. The predicted octanol–water partition coefficient (Wildman–Crippen LogP) is 2.39. The summed E-state index contributed by atoms with van der Waals surface area (Å²) < 4.78 is 5.48. The molecule has 0 aromatic heterocycles. The second-order valence-corrected chi connectivity index (χ2v) is 5.71. The number of nitrogens with zero attached hydrogens (tertiary/aromatic N) is 1. The number of fused-ring (bicyclic) bond motifs is 1. The number of hydrogen-bond acceptors (Lipinski definition) is 3. The average Bonchev–Trinajstić information content (AvgIpc) is 3.04. The summed E-state index contributed by atoms with van der Waals surface area (Å²) in [7, 11) is 0. The van der Waals surface area contributed by atoms with Crippen molar-refractivity contribution in [3.05, 3.63) is 29.3 Å². The Kier molecular flexibility index (Phi) is 3.76. The summed E-state index contributed by atoms with van der Waals surface area (Å²) in [4.78, 5) is 14.7. The Morgan fingerprint density at radius 1 is 1.45 bits per heavy atom. The van der Waals surface area contributed by atoms with Crippen molar-refractivity contribution in [2.75, 3.05) is 18.5 Å². The van der Waals surface area contributed by atoms with Gasteiger partial charge in [0.1, 0.15) is 0 Å². The van der Waals surface area contributed by atoms with Crippen LogP contribution in [0, 0.1) is 5.92 Å². The molecule has 2 aliphatic rings. The van der Waals surface area contributed by atoms with E-state index < -0.39 is 0 Å². The quantitative estimate of drug-likeness (QED) is 0.920. The number of anilines is 1. The van der Waals surface area contributed by atoms with Crippen molar-refractivity contribution >= 4 is 11.6 Å². The summed E-state index contributed by atoms with van der Waals surface area (Å²) in [6.45, 7) is 7.79. The van der Waals surface area contributed by atoms with Gasteiger partial charge in [0.15, 0.2) is 0 Å². The molecule has 0 unspecified atom stereocenters. The van der Waals surface area contributed by atoms with Crippen LogP contribution in [-0.4, -0.2) is 30.1 Å². The van der Waals surface area contributed by atoms with E-state index in [1.165, 1.54) is 11.1 Å². The van der Waals surface area contributed by atoms with Crippen molar-refractivity contribution in [3.63, 3.8) is 0 Å². The molecular formula is C16H22N2O2. The molecule has 3 rings (SSSR count). The third-order valence-electron chi connectivity index (χ3n) is 4.47. The second kappa shape index (κ2) is 5.54. The second-order valence-electron chi connectivity index (χ2n) is 5.71. The van der Waals surface area contributed by atoms with Gasteiger partial charge in [0.2, 0.25) is 5.91 Å². The van der Waals surface area contributed by atoms with Crippen molar-refractivity contribution in [2.24, 2.45) is 5.92 Å². The minimum absolute atomic E-state index is 0.0189. The molecule has 1 aromatic carbocycles. The summed E-state index contributed by atoms with van der Waals surface area (Å²) in [5.41, 5.74) is 3.58. The minimum Gasteiger partial charge on any atom is -0.378 e. The maximum Gasteiger partial charge on any atom is 0.230 e. The van der Waals surface area contributed by atoms with Crippen molar-refractivity contribution in [1.82, 2.24) is 4.90 Å². The van der Waals surface area contributed by atoms with Gasteiger partial charge < -0.3 is 10.1 Å². The van der Waals surface area contributed by atoms with Gasteiger partial charge in [0.05, 0.1) is 12.0 Å². The molecule has 0 radical (unpaired) electrons. The van der Waals surface area contributed by atoms with Gasteiger partial charge in [0, 0.05) is 25.4 Å². The predicted molar refractivity (Wildman–Crippen MR) is 78.4 cm³/mol. The number of carbonyl (C=O) groups is 1. The topological polar surface area (TPSA) is 41.6 Å². The van der Waals surface area contributed by atoms with E-state index in [0.29, 0.717) is 6.61 Å². The molecule has 1 aromatic rings. The summed E-state index contributed by atoms with van der Waals surface area (Å²) in [5.74, 6) is 0.0767. The van der Waals surface area contributed by atoms with E-state index in [0.717, 1.165) is 31.7 Å². The van der Waals surface area contributed by atoms with Crippen LogP contribution in [0.5, 0.6) is 0 Å². The van der Waals surface area contributed by atoms with Crippen molar-refractivity contribution in [1.29, 1.82) is 0 Å². The van der Waals surface area contributed by atoms with E-state index in [1.807, 2.05) is 19.1 Å². The molecule has 2 aliphatic heterocycles. The summed E-state index contributed by atoms with van der Waals surface area (Å²) in [5, 5.41) is 3.11. The van der Waals surface area contributed by atoms with Crippen molar-refractivity contribution in [3.8, 4) is 0 Å². The molecular weight excluding hydrogens is 252 g/mol. The third kappa shape index (κ3) is 2.45. The normalized spacial score (nSPS) is 25.7. The highest BCUT2D eigenvalue weighted by Crippen LogP contribution is 2.30. The van der Waals surface area contributed by atoms with Gasteiger partial charge in [-0.15, -0.1) is 0 Å². The van der Waals surface area contributed by atoms with Crippen LogP contribution in [0.4, 0.5) is 5.69 Å². The Hall–Kier alpha value is -1.39. The zero-order valence-electron chi connectivity index (χ0n) is 12.2. The largest absolute Gasteiger partial charge is 0.378 e. The maximum atomic E-state index is 12.4. The van der Waals surface area contributed by atoms with Crippen LogP contribution < -0.4 is 5.32 Å². The van der Waals surface area contributed by atoms with Crippen LogP contribution in [-0.2, 0) is 22.6 Å². The number of nitrogens with one attached hydrogen (secondary N) is 1. The zero-order valence-corrected chi connectivity index (χ0v) is 12.2. The average molecular weight is 274 g/mol. The molecule has 2 heterocycles. The summed E-state index contributed by atoms with van der Waals surface area (Å²) in [6.07, 6.45) is 0.849. The van der Waals surface area contributed by atoms with Crippen molar-refractivity contribution in [2.45, 2.75) is 39.5 Å². The first-order chi connectivity index (χ1) is 9.69. The lowest BCUT2D eigenvalue weighted by molar-refractivity contribution is -0.121. The van der Waals surface area contributed by atoms with Gasteiger partial charge in [0.25, 0.3) is 0 Å². The summed E-state index contributed by atoms with van der Waals surface area (Å²) >= 11 is 0. The number of rotatable bonds is 3. The molecule has 4 nitrogen and oxygen atoms in total. The van der Waals surface area contributed by atoms with Crippen LogP contribution in [0.2, 0.25) is 0 Å². The highest BCUT2D eigenvalue weighted by atomic mass is 16.5. The van der Waals surface area contributed by atoms with Crippen LogP contribution >= 0.6 is 0 Å². The number of ether oxygens (including phenoxy) is 1. The van der Waals surface area contributed by atoms with Crippen LogP contribution in [0.1, 0.15) is 31.4 Å². The molecule has 2 atom stereocenters. The number of carbonyl (C=O) groups excluding carboxylic acids is 1. The lowest BCUT2D eigenvalue weighted by atomic mass is 10.0. The van der Waals surface area contributed by atoms with Gasteiger partial charge in [-0.2, -0.15) is 0 Å². The van der Waals surface area contributed by atoms with Crippen LogP contribution in [0.15, 0.2) is 18.2 Å². The van der Waals surface area contributed by atoms with Gasteiger partial charge >= 0.3 is 0 Å². The van der Waals surface area contributed by atoms with Gasteiger partial charge in [-0.05, 0) is 37.1 Å². The monoisotopic (exact) mass is 274 g/mol. The molecule has 1 N–H and O–H groups in total. The zero-order chi connectivity index (χ0) is 14.1. The van der Waals surface area contributed by atoms with E-state index in [9.17, 15) is 4.79 Å². The van der Waals surface area contributed by atoms with Crippen LogP contribution in [0.3, 0.4) is 0 Å².